The highest BCUT2D eigenvalue weighted by Crippen LogP contribution is 2.30. The summed E-state index contributed by atoms with van der Waals surface area (Å²) in [7, 11) is 0. The zero-order valence-corrected chi connectivity index (χ0v) is 14.4. The summed E-state index contributed by atoms with van der Waals surface area (Å²) in [6, 6.07) is -1.91. The molecular formula is C14H28N6O4-2. The number of hydrogen-bond acceptors (Lipinski definition) is 9. The normalized spacial score (nSPS) is 32.0. The molecule has 1 saturated heterocycles. The number of hydrogen-bond donors (Lipinski definition) is 2. The molecule has 0 aromatic carbocycles. The van der Waals surface area contributed by atoms with Crippen LogP contribution in [0.2, 0.25) is 0 Å². The van der Waals surface area contributed by atoms with E-state index in [9.17, 15) is 20.5 Å². The van der Waals surface area contributed by atoms with Gasteiger partial charge in [0.1, 0.15) is 6.29 Å². The van der Waals surface area contributed by atoms with Gasteiger partial charge in [-0.15, -0.1) is 0 Å². The Hall–Kier alpha value is -0.880. The van der Waals surface area contributed by atoms with Gasteiger partial charge in [0.2, 0.25) is 6.04 Å². The molecule has 0 aromatic rings. The van der Waals surface area contributed by atoms with Crippen molar-refractivity contribution in [2.75, 3.05) is 26.2 Å². The molecule has 140 valence electrons. The van der Waals surface area contributed by atoms with Crippen molar-refractivity contribution in [3.05, 3.63) is 20.5 Å². The minimum atomic E-state index is -0.771. The summed E-state index contributed by atoms with van der Waals surface area (Å²) in [5.74, 6) is 0. The van der Waals surface area contributed by atoms with Crippen molar-refractivity contribution in [3.8, 4) is 0 Å². The molecule has 0 bridgehead atoms. The summed E-state index contributed by atoms with van der Waals surface area (Å²) >= 11 is 0. The van der Waals surface area contributed by atoms with Crippen molar-refractivity contribution in [2.24, 2.45) is 0 Å². The molecular weight excluding hydrogens is 316 g/mol. The fraction of sp³-hybridized carbons (Fsp3) is 1.00. The topological polar surface area (TPSA) is 123 Å². The molecule has 2 aliphatic rings. The van der Waals surface area contributed by atoms with Gasteiger partial charge in [-0.3, -0.25) is 15.4 Å². The van der Waals surface area contributed by atoms with Crippen LogP contribution in [-0.4, -0.2) is 70.7 Å². The van der Waals surface area contributed by atoms with Gasteiger partial charge in [-0.1, -0.05) is 13.8 Å². The lowest BCUT2D eigenvalue weighted by Crippen LogP contribution is -2.72. The lowest BCUT2D eigenvalue weighted by Gasteiger charge is -2.59. The number of hydroxylamine groups is 3. The third-order valence-corrected chi connectivity index (χ3v) is 5.07. The average molecular weight is 344 g/mol. The van der Waals surface area contributed by atoms with Crippen molar-refractivity contribution in [1.82, 2.24) is 25.9 Å². The summed E-state index contributed by atoms with van der Waals surface area (Å²) < 4.78 is 0. The molecule has 2 rings (SSSR count). The van der Waals surface area contributed by atoms with Crippen LogP contribution in [0, 0.1) is 20.5 Å². The van der Waals surface area contributed by atoms with Crippen molar-refractivity contribution >= 4 is 0 Å². The first kappa shape index (κ1) is 19.4. The van der Waals surface area contributed by atoms with E-state index >= 15 is 0 Å². The Morgan fingerprint density at radius 2 is 1.96 bits per heavy atom. The molecule has 2 fully saturated rings. The third-order valence-electron chi connectivity index (χ3n) is 5.07. The fourth-order valence-corrected chi connectivity index (χ4v) is 3.53. The van der Waals surface area contributed by atoms with Crippen molar-refractivity contribution in [3.63, 3.8) is 0 Å². The summed E-state index contributed by atoms with van der Waals surface area (Å²) in [6.45, 7) is 7.74. The number of hydrazine groups is 1. The molecule has 1 aliphatic heterocycles. The predicted octanol–water partition coefficient (Wildman–Crippen LogP) is 0.276. The van der Waals surface area contributed by atoms with Gasteiger partial charge in [0.15, 0.2) is 0 Å². The Morgan fingerprint density at radius 3 is 2.58 bits per heavy atom. The largest absolute Gasteiger partial charge is 0.783 e. The maximum Gasteiger partial charge on any atom is 0.214 e. The van der Waals surface area contributed by atoms with Gasteiger partial charge in [-0.05, 0) is 39.0 Å². The van der Waals surface area contributed by atoms with Gasteiger partial charge in [0.25, 0.3) is 0 Å². The Morgan fingerprint density at radius 1 is 1.25 bits per heavy atom. The lowest BCUT2D eigenvalue weighted by molar-refractivity contribution is -0.528. The SMILES string of the molecule is CCN(CC)CCCNC1NN([O-])C2CC([N+](=O)[O-])CCC2N1[O-]. The Balaban J connectivity index is 1.82. The summed E-state index contributed by atoms with van der Waals surface area (Å²) in [5.41, 5.74) is 2.58. The second-order valence-electron chi connectivity index (χ2n) is 6.44. The molecule has 24 heavy (non-hydrogen) atoms. The summed E-state index contributed by atoms with van der Waals surface area (Å²) in [5, 5.41) is 40.1. The van der Waals surface area contributed by atoms with Crippen LogP contribution in [0.1, 0.15) is 39.5 Å². The highest BCUT2D eigenvalue weighted by atomic mass is 16.6. The minimum Gasteiger partial charge on any atom is -0.783 e. The summed E-state index contributed by atoms with van der Waals surface area (Å²) in [6.07, 6.45) is 0.937. The molecule has 4 unspecified atom stereocenters. The predicted molar refractivity (Wildman–Crippen MR) is 90.0 cm³/mol. The van der Waals surface area contributed by atoms with Crippen LogP contribution in [0.3, 0.4) is 0 Å². The number of nitrogens with one attached hydrogen (secondary N) is 2. The van der Waals surface area contributed by atoms with Gasteiger partial charge >= 0.3 is 0 Å². The van der Waals surface area contributed by atoms with Crippen LogP contribution in [0.15, 0.2) is 0 Å². The van der Waals surface area contributed by atoms with Gasteiger partial charge in [-0.2, -0.15) is 0 Å². The van der Waals surface area contributed by atoms with Gasteiger partial charge in [0.05, 0.1) is 0 Å². The monoisotopic (exact) mass is 344 g/mol. The molecule has 0 aromatic heterocycles. The second-order valence-corrected chi connectivity index (χ2v) is 6.44. The van der Waals surface area contributed by atoms with E-state index in [1.807, 2.05) is 0 Å². The van der Waals surface area contributed by atoms with Crippen LogP contribution in [0.4, 0.5) is 0 Å². The lowest BCUT2D eigenvalue weighted by atomic mass is 9.86. The first-order chi connectivity index (χ1) is 11.5. The van der Waals surface area contributed by atoms with E-state index in [1.54, 1.807) is 0 Å². The van der Waals surface area contributed by atoms with Crippen LogP contribution >= 0.6 is 0 Å². The van der Waals surface area contributed by atoms with E-state index in [2.05, 4.69) is 29.5 Å². The maximum absolute atomic E-state index is 12.5. The first-order valence-electron chi connectivity index (χ1n) is 8.75. The highest BCUT2D eigenvalue weighted by Gasteiger charge is 2.41. The van der Waals surface area contributed by atoms with Crippen LogP contribution in [-0.2, 0) is 0 Å². The van der Waals surface area contributed by atoms with E-state index in [4.69, 9.17) is 0 Å². The Labute approximate surface area is 142 Å². The Bertz CT molecular complexity index is 411. The highest BCUT2D eigenvalue weighted by molar-refractivity contribution is 4.97. The van der Waals surface area contributed by atoms with Gasteiger partial charge in [0, 0.05) is 29.8 Å². The smallest absolute Gasteiger partial charge is 0.214 e. The van der Waals surface area contributed by atoms with E-state index < -0.39 is 24.4 Å². The van der Waals surface area contributed by atoms with Crippen LogP contribution in [0.25, 0.3) is 0 Å². The van der Waals surface area contributed by atoms with Gasteiger partial charge in [-0.25, -0.2) is 5.43 Å². The molecule has 0 radical (unpaired) electrons. The number of rotatable bonds is 8. The molecule has 10 heteroatoms. The van der Waals surface area contributed by atoms with E-state index in [-0.39, 0.29) is 11.3 Å². The Kier molecular flexibility index (Phi) is 7.29. The third kappa shape index (κ3) is 4.60. The standard InChI is InChI=1S/C14H28N6O4/c1-3-17(4-2)9-5-8-15-14-16-19(22)13-10-11(20(23)24)6-7-12(13)18(14)21/h11-16H,3-10H2,1-2H3/q-2. The average Bonchev–Trinajstić information content (AvgIpc) is 2.58. The number of nitro groups is 1. The van der Waals surface area contributed by atoms with Crippen molar-refractivity contribution in [2.45, 2.75) is 63.9 Å². The molecule has 1 saturated carbocycles. The second kappa shape index (κ2) is 8.99. The molecule has 0 amide bonds. The number of fused-ring (bicyclic) bond motifs is 1. The first-order valence-corrected chi connectivity index (χ1v) is 8.75. The number of nitrogens with zero attached hydrogens (tertiary/aromatic N) is 4. The van der Waals surface area contributed by atoms with E-state index in [0.717, 1.165) is 31.1 Å². The van der Waals surface area contributed by atoms with Gasteiger partial charge < -0.3 is 25.5 Å². The molecule has 0 spiro atoms. The molecule has 1 aliphatic carbocycles. The molecule has 1 heterocycles. The molecule has 10 nitrogen and oxygen atoms in total. The molecule has 2 N–H and O–H groups in total. The van der Waals surface area contributed by atoms with Crippen LogP contribution in [0.5, 0.6) is 0 Å². The fourth-order valence-electron chi connectivity index (χ4n) is 3.53. The van der Waals surface area contributed by atoms with Crippen molar-refractivity contribution in [1.29, 1.82) is 0 Å². The zero-order chi connectivity index (χ0) is 17.7. The van der Waals surface area contributed by atoms with E-state index in [1.165, 1.54) is 0 Å². The maximum atomic E-state index is 12.5. The quantitative estimate of drug-likeness (QED) is 0.363. The van der Waals surface area contributed by atoms with E-state index in [0.29, 0.717) is 24.6 Å². The van der Waals surface area contributed by atoms with Crippen LogP contribution < -0.4 is 10.7 Å². The van der Waals surface area contributed by atoms with Crippen molar-refractivity contribution < 1.29 is 4.92 Å². The zero-order valence-electron chi connectivity index (χ0n) is 14.4. The minimum absolute atomic E-state index is 0.113. The molecule has 4 atom stereocenters. The summed E-state index contributed by atoms with van der Waals surface area (Å²) in [4.78, 5) is 12.9.